The molecule has 0 amide bonds. The van der Waals surface area contributed by atoms with E-state index in [1.54, 1.807) is 7.05 Å². The molecule has 0 aliphatic rings. The van der Waals surface area contributed by atoms with Gasteiger partial charge in [0.2, 0.25) is 0 Å². The minimum atomic E-state index is -3.72. The molecule has 2 rings (SSSR count). The number of sulfonamides is 1. The summed E-state index contributed by atoms with van der Waals surface area (Å²) in [5, 5.41) is 4.19. The summed E-state index contributed by atoms with van der Waals surface area (Å²) >= 11 is 8.91. The molecule has 0 fully saturated rings. The third-order valence-corrected chi connectivity index (χ3v) is 4.38. The van der Waals surface area contributed by atoms with Gasteiger partial charge in [0.15, 0.2) is 5.03 Å². The third kappa shape index (κ3) is 2.65. The van der Waals surface area contributed by atoms with E-state index in [4.69, 9.17) is 11.6 Å². The molecule has 18 heavy (non-hydrogen) atoms. The van der Waals surface area contributed by atoms with Gasteiger partial charge in [-0.3, -0.25) is 9.40 Å². The second kappa shape index (κ2) is 4.87. The predicted octanol–water partition coefficient (Wildman–Crippen LogP) is 2.03. The van der Waals surface area contributed by atoms with Gasteiger partial charge in [-0.05, 0) is 28.1 Å². The molecule has 2 aromatic rings. The van der Waals surface area contributed by atoms with Crippen molar-refractivity contribution in [2.45, 2.75) is 5.03 Å². The molecule has 1 N–H and O–H groups in total. The van der Waals surface area contributed by atoms with Crippen LogP contribution in [0.1, 0.15) is 0 Å². The Morgan fingerprint density at radius 2 is 2.22 bits per heavy atom. The lowest BCUT2D eigenvalue weighted by atomic mass is 10.4. The third-order valence-electron chi connectivity index (χ3n) is 2.10. The van der Waals surface area contributed by atoms with Crippen molar-refractivity contribution in [3.8, 4) is 0 Å². The van der Waals surface area contributed by atoms with Crippen molar-refractivity contribution in [2.75, 3.05) is 4.72 Å². The van der Waals surface area contributed by atoms with Crippen LogP contribution in [0.2, 0.25) is 5.02 Å². The Bertz CT molecular complexity index is 686. The van der Waals surface area contributed by atoms with Crippen molar-refractivity contribution in [1.82, 2.24) is 14.8 Å². The van der Waals surface area contributed by atoms with Crippen molar-refractivity contribution < 1.29 is 8.42 Å². The van der Waals surface area contributed by atoms with Crippen LogP contribution in [-0.2, 0) is 17.1 Å². The largest absolute Gasteiger partial charge is 0.279 e. The highest BCUT2D eigenvalue weighted by molar-refractivity contribution is 9.10. The van der Waals surface area contributed by atoms with E-state index in [0.29, 0.717) is 9.63 Å². The normalized spacial score (nSPS) is 11.5. The highest BCUT2D eigenvalue weighted by atomic mass is 79.9. The van der Waals surface area contributed by atoms with Crippen LogP contribution in [0, 0.1) is 0 Å². The number of pyridine rings is 1. The zero-order chi connectivity index (χ0) is 13.3. The Hall–Kier alpha value is -1.12. The maximum Gasteiger partial charge on any atom is 0.279 e. The number of hydrogen-bond donors (Lipinski definition) is 1. The summed E-state index contributed by atoms with van der Waals surface area (Å²) < 4.78 is 28.2. The van der Waals surface area contributed by atoms with Crippen LogP contribution in [0.4, 0.5) is 5.69 Å². The predicted molar refractivity (Wildman–Crippen MR) is 71.0 cm³/mol. The Morgan fingerprint density at radius 1 is 1.50 bits per heavy atom. The summed E-state index contributed by atoms with van der Waals surface area (Å²) in [4.78, 5) is 3.90. The minimum Gasteiger partial charge on any atom is -0.276 e. The van der Waals surface area contributed by atoms with Gasteiger partial charge in [0, 0.05) is 13.2 Å². The molecule has 0 atom stereocenters. The molecule has 0 unspecified atom stereocenters. The monoisotopic (exact) mass is 350 g/mol. The Kier molecular flexibility index (Phi) is 3.60. The number of aryl methyl sites for hydroxylation is 1. The molecule has 0 spiro atoms. The van der Waals surface area contributed by atoms with Crippen LogP contribution in [0.15, 0.2) is 34.2 Å². The number of rotatable bonds is 3. The van der Waals surface area contributed by atoms with E-state index in [2.05, 4.69) is 30.7 Å². The van der Waals surface area contributed by atoms with E-state index in [0.717, 1.165) is 0 Å². The number of anilines is 1. The van der Waals surface area contributed by atoms with Gasteiger partial charge in [-0.2, -0.15) is 13.5 Å². The van der Waals surface area contributed by atoms with Crippen LogP contribution in [-0.4, -0.2) is 23.2 Å². The maximum atomic E-state index is 12.1. The van der Waals surface area contributed by atoms with Gasteiger partial charge in [-0.25, -0.2) is 4.98 Å². The number of nitrogens with zero attached hydrogens (tertiary/aromatic N) is 3. The quantitative estimate of drug-likeness (QED) is 0.858. The number of nitrogens with one attached hydrogen (secondary N) is 1. The van der Waals surface area contributed by atoms with Gasteiger partial charge in [-0.1, -0.05) is 11.6 Å². The van der Waals surface area contributed by atoms with E-state index in [1.807, 2.05) is 0 Å². The Balaban J connectivity index is 2.40. The molecule has 96 valence electrons. The molecular weight excluding hydrogens is 344 g/mol. The highest BCUT2D eigenvalue weighted by Gasteiger charge is 2.19. The van der Waals surface area contributed by atoms with Crippen molar-refractivity contribution in [1.29, 1.82) is 0 Å². The van der Waals surface area contributed by atoms with Crippen molar-refractivity contribution in [3.05, 3.63) is 34.2 Å². The molecule has 0 aliphatic heterocycles. The van der Waals surface area contributed by atoms with E-state index < -0.39 is 10.0 Å². The van der Waals surface area contributed by atoms with Crippen molar-refractivity contribution >= 4 is 43.2 Å². The average Bonchev–Trinajstić information content (AvgIpc) is 2.70. The van der Waals surface area contributed by atoms with Crippen LogP contribution >= 0.6 is 27.5 Å². The lowest BCUT2D eigenvalue weighted by Gasteiger charge is -2.09. The van der Waals surface area contributed by atoms with E-state index in [-0.39, 0.29) is 10.7 Å². The number of hydrogen-bond acceptors (Lipinski definition) is 4. The second-order valence-corrected chi connectivity index (χ2v) is 6.21. The van der Waals surface area contributed by atoms with E-state index >= 15 is 0 Å². The van der Waals surface area contributed by atoms with E-state index in [9.17, 15) is 8.42 Å². The molecule has 0 saturated heterocycles. The van der Waals surface area contributed by atoms with Crippen LogP contribution in [0.3, 0.4) is 0 Å². The smallest absolute Gasteiger partial charge is 0.276 e. The van der Waals surface area contributed by atoms with Crippen molar-refractivity contribution in [2.24, 2.45) is 7.05 Å². The van der Waals surface area contributed by atoms with Gasteiger partial charge < -0.3 is 0 Å². The fourth-order valence-electron chi connectivity index (χ4n) is 1.32. The SMILES string of the molecule is Cn1nccc1S(=O)(=O)Nc1cc(Cl)cnc1Br. The summed E-state index contributed by atoms with van der Waals surface area (Å²) in [6.45, 7) is 0. The summed E-state index contributed by atoms with van der Waals surface area (Å²) in [5.74, 6) is 0. The van der Waals surface area contributed by atoms with Gasteiger partial charge in [-0.15, -0.1) is 0 Å². The fourth-order valence-corrected chi connectivity index (χ4v) is 3.11. The fraction of sp³-hybridized carbons (Fsp3) is 0.111. The molecule has 0 aromatic carbocycles. The Labute approximate surface area is 117 Å². The first-order valence-corrected chi connectivity index (χ1v) is 7.37. The summed E-state index contributed by atoms with van der Waals surface area (Å²) in [6.07, 6.45) is 2.81. The summed E-state index contributed by atoms with van der Waals surface area (Å²) in [7, 11) is -2.18. The standard InChI is InChI=1S/C9H8BrClN4O2S/c1-15-8(2-3-13-15)18(16,17)14-7-4-6(11)5-12-9(7)10/h2-5,14H,1H3. The van der Waals surface area contributed by atoms with Gasteiger partial charge in [0.1, 0.15) is 4.60 Å². The topological polar surface area (TPSA) is 76.9 Å². The number of aromatic nitrogens is 3. The molecule has 0 radical (unpaired) electrons. The molecule has 0 aliphatic carbocycles. The zero-order valence-corrected chi connectivity index (χ0v) is 12.3. The first-order chi connectivity index (χ1) is 8.40. The zero-order valence-electron chi connectivity index (χ0n) is 9.13. The molecule has 9 heteroatoms. The van der Waals surface area contributed by atoms with Gasteiger partial charge in [0.25, 0.3) is 10.0 Å². The molecule has 0 saturated carbocycles. The summed E-state index contributed by atoms with van der Waals surface area (Å²) in [6, 6.07) is 2.86. The lowest BCUT2D eigenvalue weighted by molar-refractivity contribution is 0.582. The van der Waals surface area contributed by atoms with Crippen LogP contribution < -0.4 is 4.72 Å². The van der Waals surface area contributed by atoms with Gasteiger partial charge >= 0.3 is 0 Å². The minimum absolute atomic E-state index is 0.0503. The first kappa shape index (κ1) is 13.3. The second-order valence-electron chi connectivity index (χ2n) is 3.39. The van der Waals surface area contributed by atoms with Crippen LogP contribution in [0.25, 0.3) is 0 Å². The molecule has 2 aromatic heterocycles. The maximum absolute atomic E-state index is 12.1. The first-order valence-electron chi connectivity index (χ1n) is 4.72. The molecular formula is C9H8BrClN4O2S. The lowest BCUT2D eigenvalue weighted by Crippen LogP contribution is -2.17. The summed E-state index contributed by atoms with van der Waals surface area (Å²) in [5.41, 5.74) is 0.267. The molecule has 2 heterocycles. The van der Waals surface area contributed by atoms with Crippen molar-refractivity contribution in [3.63, 3.8) is 0 Å². The highest BCUT2D eigenvalue weighted by Crippen LogP contribution is 2.25. The van der Waals surface area contributed by atoms with E-state index in [1.165, 1.54) is 29.2 Å². The molecule has 6 nitrogen and oxygen atoms in total. The molecule has 0 bridgehead atoms. The van der Waals surface area contributed by atoms with Gasteiger partial charge in [0.05, 0.1) is 16.9 Å². The Morgan fingerprint density at radius 3 is 2.83 bits per heavy atom. The van der Waals surface area contributed by atoms with Crippen LogP contribution in [0.5, 0.6) is 0 Å². The average molecular weight is 352 g/mol. The number of halogens is 2.